The smallest absolute Gasteiger partial charge is 0.337 e. The largest absolute Gasteiger partial charge is 0.473 e. The number of piperidine rings is 1. The second kappa shape index (κ2) is 8.31. The number of likely N-dealkylation sites (tertiary alicyclic amines) is 1. The summed E-state index contributed by atoms with van der Waals surface area (Å²) in [5.74, 6) is 0.122. The van der Waals surface area contributed by atoms with Crippen molar-refractivity contribution < 1.29 is 19.1 Å². The number of ether oxygens (including phenoxy) is 2. The van der Waals surface area contributed by atoms with E-state index in [1.165, 1.54) is 7.11 Å². The lowest BCUT2D eigenvalue weighted by atomic mass is 10.1. The average Bonchev–Trinajstić information content (AvgIpc) is 2.69. The molecule has 0 atom stereocenters. The van der Waals surface area contributed by atoms with Crippen LogP contribution in [0.4, 0.5) is 0 Å². The number of amides is 1. The molecule has 6 nitrogen and oxygen atoms in total. The topological polar surface area (TPSA) is 68.7 Å². The first kappa shape index (κ1) is 18.4. The van der Waals surface area contributed by atoms with Crippen LogP contribution in [0.5, 0.6) is 5.88 Å². The average molecular weight is 419 g/mol. The van der Waals surface area contributed by atoms with Crippen molar-refractivity contribution in [1.29, 1.82) is 0 Å². The molecule has 1 amide bonds. The minimum absolute atomic E-state index is 0.0342. The van der Waals surface area contributed by atoms with Crippen LogP contribution in [0.15, 0.2) is 47.1 Å². The van der Waals surface area contributed by atoms with Crippen molar-refractivity contribution in [3.63, 3.8) is 0 Å². The van der Waals surface area contributed by atoms with Gasteiger partial charge in [-0.3, -0.25) is 4.79 Å². The predicted molar refractivity (Wildman–Crippen MR) is 99.3 cm³/mol. The second-order valence-corrected chi connectivity index (χ2v) is 6.82. The molecule has 2 aromatic rings. The van der Waals surface area contributed by atoms with Gasteiger partial charge >= 0.3 is 5.97 Å². The Kier molecular flexibility index (Phi) is 5.88. The molecule has 0 aliphatic carbocycles. The van der Waals surface area contributed by atoms with E-state index in [0.717, 1.165) is 17.3 Å². The fourth-order valence-electron chi connectivity index (χ4n) is 2.84. The van der Waals surface area contributed by atoms with Gasteiger partial charge in [-0.2, -0.15) is 0 Å². The molecule has 26 heavy (non-hydrogen) atoms. The van der Waals surface area contributed by atoms with E-state index >= 15 is 0 Å². The van der Waals surface area contributed by atoms with Gasteiger partial charge in [0.1, 0.15) is 6.10 Å². The molecule has 1 aromatic heterocycles. The zero-order valence-corrected chi connectivity index (χ0v) is 15.9. The Balaban J connectivity index is 1.56. The SMILES string of the molecule is COC(=O)c1ccc(C(=O)N2CCC(Oc3ncccc3Br)CC2)cc1. The number of methoxy groups -OCH3 is 1. The minimum Gasteiger partial charge on any atom is -0.473 e. The highest BCUT2D eigenvalue weighted by Crippen LogP contribution is 2.25. The molecule has 0 radical (unpaired) electrons. The highest BCUT2D eigenvalue weighted by atomic mass is 79.9. The summed E-state index contributed by atoms with van der Waals surface area (Å²) in [7, 11) is 1.33. The first-order chi connectivity index (χ1) is 12.6. The van der Waals surface area contributed by atoms with Gasteiger partial charge in [0.2, 0.25) is 5.88 Å². The third-order valence-electron chi connectivity index (χ3n) is 4.29. The van der Waals surface area contributed by atoms with Crippen LogP contribution < -0.4 is 4.74 Å². The van der Waals surface area contributed by atoms with Crippen LogP contribution >= 0.6 is 15.9 Å². The maximum absolute atomic E-state index is 12.6. The van der Waals surface area contributed by atoms with Gasteiger partial charge in [-0.15, -0.1) is 0 Å². The summed E-state index contributed by atoms with van der Waals surface area (Å²) in [6, 6.07) is 10.2. The van der Waals surface area contributed by atoms with Gasteiger partial charge < -0.3 is 14.4 Å². The first-order valence-electron chi connectivity index (χ1n) is 8.33. The number of nitrogens with zero attached hydrogens (tertiary/aromatic N) is 2. The maximum atomic E-state index is 12.6. The summed E-state index contributed by atoms with van der Waals surface area (Å²) in [6.07, 6.45) is 3.22. The fourth-order valence-corrected chi connectivity index (χ4v) is 3.19. The Bertz CT molecular complexity index is 786. The number of rotatable bonds is 4. The van der Waals surface area contributed by atoms with Crippen molar-refractivity contribution in [2.75, 3.05) is 20.2 Å². The van der Waals surface area contributed by atoms with Crippen LogP contribution in [-0.4, -0.2) is 48.1 Å². The lowest BCUT2D eigenvalue weighted by Gasteiger charge is -2.32. The highest BCUT2D eigenvalue weighted by Gasteiger charge is 2.25. The molecule has 1 aromatic carbocycles. The number of hydrogen-bond donors (Lipinski definition) is 0. The number of pyridine rings is 1. The number of esters is 1. The van der Waals surface area contributed by atoms with Crippen LogP contribution in [0.1, 0.15) is 33.6 Å². The monoisotopic (exact) mass is 418 g/mol. The molecule has 0 spiro atoms. The van der Waals surface area contributed by atoms with Gasteiger partial charge in [-0.1, -0.05) is 0 Å². The summed E-state index contributed by atoms with van der Waals surface area (Å²) >= 11 is 3.42. The molecule has 1 aliphatic rings. The maximum Gasteiger partial charge on any atom is 0.337 e. The Morgan fingerprint density at radius 2 is 1.77 bits per heavy atom. The third kappa shape index (κ3) is 4.22. The van der Waals surface area contributed by atoms with E-state index in [-0.39, 0.29) is 12.0 Å². The number of benzene rings is 1. The number of hydrogen-bond acceptors (Lipinski definition) is 5. The zero-order chi connectivity index (χ0) is 18.5. The molecule has 0 unspecified atom stereocenters. The Morgan fingerprint density at radius 1 is 1.12 bits per heavy atom. The summed E-state index contributed by atoms with van der Waals surface area (Å²) in [6.45, 7) is 1.24. The van der Waals surface area contributed by atoms with E-state index in [0.29, 0.717) is 30.1 Å². The normalized spacial score (nSPS) is 14.8. The molecule has 3 rings (SSSR count). The molecule has 1 saturated heterocycles. The van der Waals surface area contributed by atoms with Gasteiger partial charge in [0.05, 0.1) is 17.1 Å². The standard InChI is InChI=1S/C19H19BrN2O4/c1-25-19(24)14-6-4-13(5-7-14)18(23)22-11-8-15(9-12-22)26-17-16(20)3-2-10-21-17/h2-7,10,15H,8-9,11-12H2,1H3. The predicted octanol–water partition coefficient (Wildman–Crippen LogP) is 3.31. The Hall–Kier alpha value is -2.41. The molecular formula is C19H19BrN2O4. The Labute approximate surface area is 160 Å². The van der Waals surface area contributed by atoms with Gasteiger partial charge in [0.25, 0.3) is 5.91 Å². The van der Waals surface area contributed by atoms with Gasteiger partial charge in [0.15, 0.2) is 0 Å². The molecule has 0 bridgehead atoms. The highest BCUT2D eigenvalue weighted by molar-refractivity contribution is 9.10. The van der Waals surface area contributed by atoms with E-state index in [2.05, 4.69) is 25.7 Å². The van der Waals surface area contributed by atoms with Crippen molar-refractivity contribution >= 4 is 27.8 Å². The molecular weight excluding hydrogens is 400 g/mol. The summed E-state index contributed by atoms with van der Waals surface area (Å²) in [4.78, 5) is 30.1. The molecule has 0 N–H and O–H groups in total. The molecule has 1 aliphatic heterocycles. The molecule has 136 valence electrons. The molecule has 7 heteroatoms. The molecule has 1 fully saturated rings. The van der Waals surface area contributed by atoms with Gasteiger partial charge in [0, 0.05) is 37.7 Å². The Morgan fingerprint density at radius 3 is 2.38 bits per heavy atom. The number of halogens is 1. The lowest BCUT2D eigenvalue weighted by Crippen LogP contribution is -2.41. The first-order valence-corrected chi connectivity index (χ1v) is 9.12. The van der Waals surface area contributed by atoms with Crippen LogP contribution in [0, 0.1) is 0 Å². The van der Waals surface area contributed by atoms with E-state index < -0.39 is 5.97 Å². The quantitative estimate of drug-likeness (QED) is 0.712. The number of carbonyl (C=O) groups is 2. The van der Waals surface area contributed by atoms with Gasteiger partial charge in [-0.25, -0.2) is 9.78 Å². The summed E-state index contributed by atoms with van der Waals surface area (Å²) < 4.78 is 11.4. The van der Waals surface area contributed by atoms with Crippen molar-refractivity contribution in [1.82, 2.24) is 9.88 Å². The molecule has 2 heterocycles. The van der Waals surface area contributed by atoms with Crippen LogP contribution in [0.25, 0.3) is 0 Å². The van der Waals surface area contributed by atoms with Crippen LogP contribution in [0.2, 0.25) is 0 Å². The number of carbonyl (C=O) groups excluding carboxylic acids is 2. The van der Waals surface area contributed by atoms with Crippen LogP contribution in [-0.2, 0) is 4.74 Å². The third-order valence-corrected chi connectivity index (χ3v) is 4.89. The van der Waals surface area contributed by atoms with E-state index in [1.54, 1.807) is 35.4 Å². The fraction of sp³-hybridized carbons (Fsp3) is 0.316. The number of aromatic nitrogens is 1. The van der Waals surface area contributed by atoms with E-state index in [9.17, 15) is 9.59 Å². The zero-order valence-electron chi connectivity index (χ0n) is 14.4. The summed E-state index contributed by atoms with van der Waals surface area (Å²) in [5.41, 5.74) is 0.988. The lowest BCUT2D eigenvalue weighted by molar-refractivity contribution is 0.0578. The summed E-state index contributed by atoms with van der Waals surface area (Å²) in [5, 5.41) is 0. The molecule has 0 saturated carbocycles. The van der Waals surface area contributed by atoms with Crippen molar-refractivity contribution in [3.8, 4) is 5.88 Å². The van der Waals surface area contributed by atoms with E-state index in [4.69, 9.17) is 4.74 Å². The second-order valence-electron chi connectivity index (χ2n) is 5.97. The van der Waals surface area contributed by atoms with Crippen molar-refractivity contribution in [2.24, 2.45) is 0 Å². The van der Waals surface area contributed by atoms with Crippen molar-refractivity contribution in [3.05, 3.63) is 58.2 Å². The van der Waals surface area contributed by atoms with Crippen molar-refractivity contribution in [2.45, 2.75) is 18.9 Å². The van der Waals surface area contributed by atoms with Gasteiger partial charge in [-0.05, 0) is 52.3 Å². The van der Waals surface area contributed by atoms with Crippen LogP contribution in [0.3, 0.4) is 0 Å². The van der Waals surface area contributed by atoms with E-state index in [1.807, 2.05) is 12.1 Å². The minimum atomic E-state index is -0.414.